The average molecular weight is 318 g/mol. The lowest BCUT2D eigenvalue weighted by molar-refractivity contribution is -0.138. The standard InChI is InChI=1S/C10H8BrNO2S2/c1-5(10(13)14)7-4-16-9(12-7)8-2-6(11)3-15-8/h2-5H,1H3,(H,13,14). The zero-order valence-corrected chi connectivity index (χ0v) is 11.5. The second-order valence-electron chi connectivity index (χ2n) is 3.27. The van der Waals surface area contributed by atoms with Crippen LogP contribution in [0.25, 0.3) is 9.88 Å². The third kappa shape index (κ3) is 2.34. The van der Waals surface area contributed by atoms with Gasteiger partial charge in [-0.1, -0.05) is 0 Å². The lowest BCUT2D eigenvalue weighted by Gasteiger charge is -1.99. The van der Waals surface area contributed by atoms with Crippen molar-refractivity contribution >= 4 is 44.6 Å². The summed E-state index contributed by atoms with van der Waals surface area (Å²) in [5.74, 6) is -1.39. The fourth-order valence-electron chi connectivity index (χ4n) is 1.15. The van der Waals surface area contributed by atoms with E-state index < -0.39 is 11.9 Å². The van der Waals surface area contributed by atoms with Crippen LogP contribution in [0.3, 0.4) is 0 Å². The van der Waals surface area contributed by atoms with E-state index in [2.05, 4.69) is 20.9 Å². The van der Waals surface area contributed by atoms with E-state index in [4.69, 9.17) is 5.11 Å². The van der Waals surface area contributed by atoms with E-state index in [0.717, 1.165) is 14.4 Å². The molecule has 0 aromatic carbocycles. The third-order valence-electron chi connectivity index (χ3n) is 2.11. The minimum atomic E-state index is -0.843. The molecule has 0 aliphatic heterocycles. The number of thiazole rings is 1. The maximum Gasteiger partial charge on any atom is 0.312 e. The van der Waals surface area contributed by atoms with Crippen LogP contribution in [0.5, 0.6) is 0 Å². The SMILES string of the molecule is CC(C(=O)O)c1csc(-c2cc(Br)cs2)n1. The Bertz CT molecular complexity index is 520. The van der Waals surface area contributed by atoms with E-state index in [9.17, 15) is 4.79 Å². The number of hydrogen-bond acceptors (Lipinski definition) is 4. The Hall–Kier alpha value is -0.720. The van der Waals surface area contributed by atoms with Gasteiger partial charge in [0.15, 0.2) is 0 Å². The van der Waals surface area contributed by atoms with Gasteiger partial charge in [-0.25, -0.2) is 4.98 Å². The molecule has 84 valence electrons. The highest BCUT2D eigenvalue weighted by Gasteiger charge is 2.17. The Kier molecular flexibility index (Phi) is 3.41. The highest BCUT2D eigenvalue weighted by Crippen LogP contribution is 2.33. The minimum absolute atomic E-state index is 0.548. The summed E-state index contributed by atoms with van der Waals surface area (Å²) in [5.41, 5.74) is 0.622. The second-order valence-corrected chi connectivity index (χ2v) is 5.95. The number of halogens is 1. The first-order chi connectivity index (χ1) is 7.58. The predicted octanol–water partition coefficient (Wildman–Crippen LogP) is 3.82. The number of aliphatic carboxylic acids is 1. The number of carboxylic acid groups (broad SMARTS) is 1. The summed E-state index contributed by atoms with van der Waals surface area (Å²) in [6.07, 6.45) is 0. The number of nitrogens with zero attached hydrogens (tertiary/aromatic N) is 1. The van der Waals surface area contributed by atoms with Crippen molar-refractivity contribution in [2.45, 2.75) is 12.8 Å². The molecule has 2 aromatic rings. The topological polar surface area (TPSA) is 50.2 Å². The highest BCUT2D eigenvalue weighted by molar-refractivity contribution is 9.10. The van der Waals surface area contributed by atoms with Gasteiger partial charge in [0.05, 0.1) is 16.5 Å². The van der Waals surface area contributed by atoms with Crippen LogP contribution < -0.4 is 0 Å². The van der Waals surface area contributed by atoms with Gasteiger partial charge in [0.25, 0.3) is 0 Å². The van der Waals surface area contributed by atoms with Gasteiger partial charge in [-0.05, 0) is 28.9 Å². The molecule has 2 aromatic heterocycles. The Morgan fingerprint density at radius 2 is 2.25 bits per heavy atom. The predicted molar refractivity (Wildman–Crippen MR) is 69.2 cm³/mol. The maximum atomic E-state index is 10.8. The lowest BCUT2D eigenvalue weighted by atomic mass is 10.1. The van der Waals surface area contributed by atoms with E-state index in [1.165, 1.54) is 11.3 Å². The van der Waals surface area contributed by atoms with Crippen LogP contribution in [0.2, 0.25) is 0 Å². The van der Waals surface area contributed by atoms with E-state index in [1.54, 1.807) is 18.3 Å². The Labute approximate surface area is 109 Å². The van der Waals surface area contributed by atoms with Crippen LogP contribution in [0.15, 0.2) is 21.3 Å². The largest absolute Gasteiger partial charge is 0.481 e. The molecule has 0 aliphatic rings. The molecule has 0 fully saturated rings. The molecular weight excluding hydrogens is 310 g/mol. The number of carbonyl (C=O) groups is 1. The molecule has 0 amide bonds. The lowest BCUT2D eigenvalue weighted by Crippen LogP contribution is -2.07. The number of carboxylic acids is 1. The molecule has 0 saturated carbocycles. The van der Waals surface area contributed by atoms with Crippen molar-refractivity contribution in [2.75, 3.05) is 0 Å². The second kappa shape index (κ2) is 4.65. The molecular formula is C10H8BrNO2S2. The summed E-state index contributed by atoms with van der Waals surface area (Å²) >= 11 is 6.45. The summed E-state index contributed by atoms with van der Waals surface area (Å²) in [5, 5.41) is 13.5. The molecule has 0 bridgehead atoms. The van der Waals surface area contributed by atoms with Gasteiger partial charge in [-0.3, -0.25) is 4.79 Å². The molecule has 1 N–H and O–H groups in total. The molecule has 2 rings (SSSR count). The molecule has 0 saturated heterocycles. The van der Waals surface area contributed by atoms with Crippen molar-refractivity contribution in [2.24, 2.45) is 0 Å². The molecule has 3 nitrogen and oxygen atoms in total. The van der Waals surface area contributed by atoms with Crippen LogP contribution in [0.4, 0.5) is 0 Å². The Morgan fingerprint density at radius 3 is 2.81 bits per heavy atom. The van der Waals surface area contributed by atoms with Gasteiger partial charge < -0.3 is 5.11 Å². The van der Waals surface area contributed by atoms with E-state index in [-0.39, 0.29) is 0 Å². The molecule has 6 heteroatoms. The summed E-state index contributed by atoms with van der Waals surface area (Å²) in [6.45, 7) is 1.64. The zero-order valence-electron chi connectivity index (χ0n) is 8.31. The molecule has 1 unspecified atom stereocenters. The van der Waals surface area contributed by atoms with Crippen molar-refractivity contribution in [1.29, 1.82) is 0 Å². The summed E-state index contributed by atoms with van der Waals surface area (Å²) in [7, 11) is 0. The zero-order chi connectivity index (χ0) is 11.7. The summed E-state index contributed by atoms with van der Waals surface area (Å²) < 4.78 is 1.02. The molecule has 2 heterocycles. The van der Waals surface area contributed by atoms with Gasteiger partial charge in [0.2, 0.25) is 0 Å². The van der Waals surface area contributed by atoms with Crippen LogP contribution in [0, 0.1) is 0 Å². The van der Waals surface area contributed by atoms with Gasteiger partial charge in [0, 0.05) is 15.2 Å². The monoisotopic (exact) mass is 317 g/mol. The number of thiophene rings is 1. The molecule has 0 aliphatic carbocycles. The summed E-state index contributed by atoms with van der Waals surface area (Å²) in [6, 6.07) is 1.98. The molecule has 0 radical (unpaired) electrons. The third-order valence-corrected chi connectivity index (χ3v) is 4.84. The van der Waals surface area contributed by atoms with Gasteiger partial charge in [-0.2, -0.15) is 0 Å². The first kappa shape index (κ1) is 11.8. The van der Waals surface area contributed by atoms with Crippen molar-refractivity contribution in [3.05, 3.63) is 27.0 Å². The minimum Gasteiger partial charge on any atom is -0.481 e. The van der Waals surface area contributed by atoms with Crippen LogP contribution in [0.1, 0.15) is 18.5 Å². The highest BCUT2D eigenvalue weighted by atomic mass is 79.9. The van der Waals surface area contributed by atoms with Crippen molar-refractivity contribution in [3.63, 3.8) is 0 Å². The number of rotatable bonds is 3. The Morgan fingerprint density at radius 1 is 1.50 bits per heavy atom. The van der Waals surface area contributed by atoms with Crippen LogP contribution in [-0.4, -0.2) is 16.1 Å². The first-order valence-corrected chi connectivity index (χ1v) is 7.06. The number of aromatic nitrogens is 1. The van der Waals surface area contributed by atoms with Crippen molar-refractivity contribution in [3.8, 4) is 9.88 Å². The van der Waals surface area contributed by atoms with E-state index in [0.29, 0.717) is 5.69 Å². The molecule has 0 spiro atoms. The van der Waals surface area contributed by atoms with Crippen LogP contribution in [-0.2, 0) is 4.79 Å². The smallest absolute Gasteiger partial charge is 0.312 e. The van der Waals surface area contributed by atoms with Gasteiger partial charge in [-0.15, -0.1) is 22.7 Å². The molecule has 1 atom stereocenters. The van der Waals surface area contributed by atoms with Gasteiger partial charge >= 0.3 is 5.97 Å². The fourth-order valence-corrected chi connectivity index (χ4v) is 3.57. The maximum absolute atomic E-state index is 10.8. The fraction of sp³-hybridized carbons (Fsp3) is 0.200. The first-order valence-electron chi connectivity index (χ1n) is 4.50. The number of hydrogen-bond donors (Lipinski definition) is 1. The van der Waals surface area contributed by atoms with Gasteiger partial charge in [0.1, 0.15) is 5.01 Å². The summed E-state index contributed by atoms with van der Waals surface area (Å²) in [4.78, 5) is 16.2. The van der Waals surface area contributed by atoms with E-state index >= 15 is 0 Å². The Balaban J connectivity index is 2.29. The van der Waals surface area contributed by atoms with Crippen molar-refractivity contribution < 1.29 is 9.90 Å². The normalized spacial score (nSPS) is 12.6. The average Bonchev–Trinajstić information content (AvgIpc) is 2.84. The quantitative estimate of drug-likeness (QED) is 0.936. The molecule has 16 heavy (non-hydrogen) atoms. The van der Waals surface area contributed by atoms with E-state index in [1.807, 2.05) is 16.8 Å². The van der Waals surface area contributed by atoms with Crippen molar-refractivity contribution in [1.82, 2.24) is 4.98 Å². The van der Waals surface area contributed by atoms with Crippen LogP contribution >= 0.6 is 38.6 Å².